The van der Waals surface area contributed by atoms with Crippen LogP contribution in [0.5, 0.6) is 0 Å². The first-order chi connectivity index (χ1) is 13.3. The second-order valence-corrected chi connectivity index (χ2v) is 9.83. The van der Waals surface area contributed by atoms with Crippen molar-refractivity contribution in [2.75, 3.05) is 26.2 Å². The Bertz CT molecular complexity index is 794. The van der Waals surface area contributed by atoms with Gasteiger partial charge in [0.1, 0.15) is 10.7 Å². The number of hydrogen-bond donors (Lipinski definition) is 1. The first-order valence-corrected chi connectivity index (χ1v) is 11.5. The highest BCUT2D eigenvalue weighted by atomic mass is 32.2. The van der Waals surface area contributed by atoms with Gasteiger partial charge in [0.2, 0.25) is 15.9 Å². The molecule has 28 heavy (non-hydrogen) atoms. The van der Waals surface area contributed by atoms with Gasteiger partial charge in [0.25, 0.3) is 0 Å². The third kappa shape index (κ3) is 4.55. The molecule has 0 spiro atoms. The highest BCUT2D eigenvalue weighted by molar-refractivity contribution is 7.89. The molecule has 3 rings (SSSR count). The van der Waals surface area contributed by atoms with E-state index in [4.69, 9.17) is 0 Å². The molecule has 0 bridgehead atoms. The maximum Gasteiger partial charge on any atom is 0.246 e. The van der Waals surface area contributed by atoms with E-state index >= 15 is 0 Å². The Balaban J connectivity index is 1.57. The van der Waals surface area contributed by atoms with Crippen molar-refractivity contribution >= 4 is 15.9 Å². The fraction of sp³-hybridized carbons (Fsp3) is 0.650. The summed E-state index contributed by atoms with van der Waals surface area (Å²) in [4.78, 5) is 14.4. The van der Waals surface area contributed by atoms with Crippen LogP contribution < -0.4 is 5.32 Å². The summed E-state index contributed by atoms with van der Waals surface area (Å²) in [5.74, 6) is -0.240. The molecule has 1 amide bonds. The maximum absolute atomic E-state index is 13.9. The van der Waals surface area contributed by atoms with Crippen molar-refractivity contribution in [3.63, 3.8) is 0 Å². The van der Waals surface area contributed by atoms with E-state index in [9.17, 15) is 17.6 Å². The normalized spacial score (nSPS) is 26.0. The largest absolute Gasteiger partial charge is 0.352 e. The lowest BCUT2D eigenvalue weighted by atomic mass is 9.86. The predicted octanol–water partition coefficient (Wildman–Crippen LogP) is 2.22. The molecule has 1 aromatic carbocycles. The zero-order valence-corrected chi connectivity index (χ0v) is 17.4. The molecular weight excluding hydrogens is 381 g/mol. The van der Waals surface area contributed by atoms with Gasteiger partial charge in [-0.2, -0.15) is 4.31 Å². The van der Waals surface area contributed by atoms with Crippen LogP contribution in [0.3, 0.4) is 0 Å². The third-order valence-electron chi connectivity index (χ3n) is 6.09. The summed E-state index contributed by atoms with van der Waals surface area (Å²) in [6.45, 7) is 5.43. The van der Waals surface area contributed by atoms with Gasteiger partial charge in [0, 0.05) is 32.2 Å². The molecule has 0 aromatic heterocycles. The Kier molecular flexibility index (Phi) is 6.73. The van der Waals surface area contributed by atoms with Crippen molar-refractivity contribution < 1.29 is 17.6 Å². The van der Waals surface area contributed by atoms with Crippen LogP contribution >= 0.6 is 0 Å². The lowest BCUT2D eigenvalue weighted by molar-refractivity contribution is -0.127. The Morgan fingerprint density at radius 1 is 1.14 bits per heavy atom. The van der Waals surface area contributed by atoms with E-state index in [-0.39, 0.29) is 36.0 Å². The Morgan fingerprint density at radius 3 is 2.43 bits per heavy atom. The fourth-order valence-electron chi connectivity index (χ4n) is 4.12. The molecule has 1 aromatic rings. The van der Waals surface area contributed by atoms with Crippen molar-refractivity contribution in [3.05, 3.63) is 30.1 Å². The standard InChI is InChI=1S/C20H30FN3O3S/c1-15-7-3-5-9-18(15)22-20(25)16(2)23-11-13-24(14-12-23)28(26,27)19-10-6-4-8-17(19)21/h4,6,8,10,15-16,18H,3,5,7,9,11-14H2,1-2H3,(H,22,25)/t15-,16-,18+/m1/s1. The fourth-order valence-corrected chi connectivity index (χ4v) is 5.61. The molecule has 2 aliphatic rings. The van der Waals surface area contributed by atoms with Gasteiger partial charge in [0.05, 0.1) is 6.04 Å². The van der Waals surface area contributed by atoms with Crippen LogP contribution in [-0.2, 0) is 14.8 Å². The monoisotopic (exact) mass is 411 g/mol. The lowest BCUT2D eigenvalue weighted by Gasteiger charge is -2.38. The first kappa shape index (κ1) is 21.2. The molecule has 1 aliphatic heterocycles. The summed E-state index contributed by atoms with van der Waals surface area (Å²) in [6.07, 6.45) is 4.54. The second-order valence-electron chi connectivity index (χ2n) is 7.92. The number of benzene rings is 1. The number of sulfonamides is 1. The number of halogens is 1. The number of carbonyl (C=O) groups excluding carboxylic acids is 1. The van der Waals surface area contributed by atoms with E-state index in [1.165, 1.54) is 28.9 Å². The molecule has 1 heterocycles. The van der Waals surface area contributed by atoms with E-state index in [2.05, 4.69) is 12.2 Å². The van der Waals surface area contributed by atoms with E-state index in [1.54, 1.807) is 0 Å². The molecule has 0 radical (unpaired) electrons. The van der Waals surface area contributed by atoms with Crippen molar-refractivity contribution in [2.45, 2.75) is 56.5 Å². The molecule has 156 valence electrons. The zero-order chi connectivity index (χ0) is 20.3. The number of nitrogens with one attached hydrogen (secondary N) is 1. The van der Waals surface area contributed by atoms with Gasteiger partial charge in [-0.25, -0.2) is 12.8 Å². The summed E-state index contributed by atoms with van der Waals surface area (Å²) in [7, 11) is -3.86. The minimum Gasteiger partial charge on any atom is -0.352 e. The van der Waals surface area contributed by atoms with Crippen LogP contribution in [0.15, 0.2) is 29.2 Å². The van der Waals surface area contributed by atoms with Gasteiger partial charge in [-0.3, -0.25) is 9.69 Å². The average molecular weight is 412 g/mol. The number of nitrogens with zero attached hydrogens (tertiary/aromatic N) is 2. The second kappa shape index (κ2) is 8.88. The molecule has 6 nitrogen and oxygen atoms in total. The number of piperazine rings is 1. The molecule has 0 unspecified atom stereocenters. The van der Waals surface area contributed by atoms with E-state index < -0.39 is 15.8 Å². The van der Waals surface area contributed by atoms with Crippen LogP contribution in [0.1, 0.15) is 39.5 Å². The Morgan fingerprint density at radius 2 is 1.79 bits per heavy atom. The highest BCUT2D eigenvalue weighted by Gasteiger charge is 2.34. The SMILES string of the molecule is C[C@@H]1CCCC[C@@H]1NC(=O)[C@@H](C)N1CCN(S(=O)(=O)c2ccccc2F)CC1. The summed E-state index contributed by atoms with van der Waals surface area (Å²) in [5.41, 5.74) is 0. The summed E-state index contributed by atoms with van der Waals surface area (Å²) < 4.78 is 40.6. The topological polar surface area (TPSA) is 69.7 Å². The van der Waals surface area contributed by atoms with Gasteiger partial charge < -0.3 is 5.32 Å². The molecule has 8 heteroatoms. The molecule has 2 fully saturated rings. The first-order valence-electron chi connectivity index (χ1n) is 10.1. The summed E-state index contributed by atoms with van der Waals surface area (Å²) in [6, 6.07) is 5.35. The smallest absolute Gasteiger partial charge is 0.246 e. The Hall–Kier alpha value is -1.51. The molecule has 1 aliphatic carbocycles. The number of amides is 1. The minimum atomic E-state index is -3.86. The zero-order valence-electron chi connectivity index (χ0n) is 16.6. The summed E-state index contributed by atoms with van der Waals surface area (Å²) >= 11 is 0. The quantitative estimate of drug-likeness (QED) is 0.807. The highest BCUT2D eigenvalue weighted by Crippen LogP contribution is 2.24. The third-order valence-corrected chi connectivity index (χ3v) is 8.03. The maximum atomic E-state index is 13.9. The van der Waals surface area contributed by atoms with Crippen molar-refractivity contribution in [3.8, 4) is 0 Å². The molecular formula is C20H30FN3O3S. The van der Waals surface area contributed by atoms with E-state index in [1.807, 2.05) is 11.8 Å². The van der Waals surface area contributed by atoms with Gasteiger partial charge in [-0.05, 0) is 37.8 Å². The molecule has 3 atom stereocenters. The van der Waals surface area contributed by atoms with E-state index in [0.29, 0.717) is 19.0 Å². The molecule has 1 N–H and O–H groups in total. The molecule has 1 saturated carbocycles. The van der Waals surface area contributed by atoms with Crippen molar-refractivity contribution in [2.24, 2.45) is 5.92 Å². The molecule has 1 saturated heterocycles. The van der Waals surface area contributed by atoms with Crippen molar-refractivity contribution in [1.82, 2.24) is 14.5 Å². The number of rotatable bonds is 5. The Labute approximate surface area is 167 Å². The van der Waals surface area contributed by atoms with Gasteiger partial charge in [-0.15, -0.1) is 0 Å². The van der Waals surface area contributed by atoms with Crippen molar-refractivity contribution in [1.29, 1.82) is 0 Å². The van der Waals surface area contributed by atoms with E-state index in [0.717, 1.165) is 25.3 Å². The lowest BCUT2D eigenvalue weighted by Crippen LogP contribution is -2.56. The predicted molar refractivity (Wildman–Crippen MR) is 106 cm³/mol. The minimum absolute atomic E-state index is 0.00385. The van der Waals surface area contributed by atoms with Crippen LogP contribution in [0.4, 0.5) is 4.39 Å². The number of carbonyl (C=O) groups is 1. The average Bonchev–Trinajstić information content (AvgIpc) is 2.69. The van der Waals surface area contributed by atoms with Crippen LogP contribution in [0, 0.1) is 11.7 Å². The van der Waals surface area contributed by atoms with Gasteiger partial charge in [-0.1, -0.05) is 31.9 Å². The van der Waals surface area contributed by atoms with Gasteiger partial charge in [0.15, 0.2) is 0 Å². The number of hydrogen-bond acceptors (Lipinski definition) is 4. The van der Waals surface area contributed by atoms with Crippen LogP contribution in [0.25, 0.3) is 0 Å². The van der Waals surface area contributed by atoms with Crippen LogP contribution in [-0.4, -0.2) is 61.8 Å². The van der Waals surface area contributed by atoms with Gasteiger partial charge >= 0.3 is 0 Å². The van der Waals surface area contributed by atoms with Crippen LogP contribution in [0.2, 0.25) is 0 Å². The summed E-state index contributed by atoms with van der Waals surface area (Å²) in [5, 5.41) is 3.18.